The molecule has 0 aliphatic rings. The van der Waals surface area contributed by atoms with Gasteiger partial charge in [0.15, 0.2) is 6.10 Å². The summed E-state index contributed by atoms with van der Waals surface area (Å²) in [7, 11) is -4.76. The third-order valence-corrected chi connectivity index (χ3v) is 11.2. The molecular formula is C54H91O11P. The van der Waals surface area contributed by atoms with Crippen LogP contribution in [0, 0.1) is 0 Å². The van der Waals surface area contributed by atoms with Crippen LogP contribution in [0.15, 0.2) is 85.1 Å². The molecule has 0 heterocycles. The average Bonchev–Trinajstić information content (AvgIpc) is 3.30. The number of hydrogen-bond donors (Lipinski definition) is 2. The first-order valence-electron chi connectivity index (χ1n) is 25.5. The molecule has 0 saturated carbocycles. The minimum Gasteiger partial charge on any atom is -0.462 e. The molecule has 0 aromatic heterocycles. The quantitative estimate of drug-likeness (QED) is 0.0197. The zero-order valence-corrected chi connectivity index (χ0v) is 42.3. The third-order valence-electron chi connectivity index (χ3n) is 10.3. The van der Waals surface area contributed by atoms with Crippen molar-refractivity contribution in [2.75, 3.05) is 26.4 Å². The van der Waals surface area contributed by atoms with Crippen molar-refractivity contribution in [3.05, 3.63) is 85.1 Å². The second-order valence-corrected chi connectivity index (χ2v) is 18.0. The van der Waals surface area contributed by atoms with Gasteiger partial charge in [0.05, 0.1) is 19.8 Å². The summed E-state index contributed by atoms with van der Waals surface area (Å²) in [6, 6.07) is 0. The predicted octanol–water partition coefficient (Wildman–Crippen LogP) is 14.4. The van der Waals surface area contributed by atoms with Gasteiger partial charge in [-0.1, -0.05) is 164 Å². The van der Waals surface area contributed by atoms with Gasteiger partial charge in [0, 0.05) is 19.3 Å². The Balaban J connectivity index is 4.85. The third kappa shape index (κ3) is 45.8. The number of aliphatic hydroxyl groups is 1. The molecule has 0 amide bonds. The van der Waals surface area contributed by atoms with Gasteiger partial charge in [-0.2, -0.15) is 0 Å². The van der Waals surface area contributed by atoms with Crippen LogP contribution in [0.1, 0.15) is 201 Å². The van der Waals surface area contributed by atoms with Gasteiger partial charge in [0.2, 0.25) is 0 Å². The van der Waals surface area contributed by atoms with E-state index in [1.807, 2.05) is 0 Å². The molecule has 66 heavy (non-hydrogen) atoms. The standard InChI is InChI=1S/C54H91O11P/c1-4-7-10-13-16-19-22-24-25-27-30-33-36-39-42-45-54(58)65-51(47-61-52(56)43-40-37-34-31-29-26-23-20-17-14-11-8-5-2)49-63-66(59,60)62-48-50(46-55)64-53(57)44-41-38-35-32-28-21-18-15-12-9-6-3/h7,10-11,14-16,18-20,23-25,30,33,50-51,55H,4-6,8-9,12-13,17,21-22,26-29,31-32,34-49H2,1-3H3,(H,59,60)/b10-7-,14-11-,18-15-,19-16-,23-20-,25-24-,33-30-. The minimum atomic E-state index is -4.76. The number of phosphoric ester groups is 1. The van der Waals surface area contributed by atoms with Crippen molar-refractivity contribution in [3.8, 4) is 0 Å². The van der Waals surface area contributed by atoms with Gasteiger partial charge in [0.1, 0.15) is 12.7 Å². The molecule has 2 N–H and O–H groups in total. The van der Waals surface area contributed by atoms with Crippen LogP contribution < -0.4 is 0 Å². The SMILES string of the molecule is CC/C=C\C/C=C\C/C=C\C/C=C\CCCCC(=O)OC(COC(=O)CCCCCCC/C=C\C/C=C\CCC)COP(=O)(O)OCC(CO)OC(=O)CCCCCCC/C=C\CCCC. The Morgan fingerprint density at radius 2 is 0.818 bits per heavy atom. The van der Waals surface area contributed by atoms with E-state index in [0.29, 0.717) is 19.3 Å². The molecule has 11 nitrogen and oxygen atoms in total. The fourth-order valence-electron chi connectivity index (χ4n) is 6.36. The number of esters is 3. The van der Waals surface area contributed by atoms with E-state index in [9.17, 15) is 28.9 Å². The van der Waals surface area contributed by atoms with Gasteiger partial charge in [-0.05, 0) is 103 Å². The van der Waals surface area contributed by atoms with Gasteiger partial charge >= 0.3 is 25.7 Å². The normalized spacial score (nSPS) is 14.2. The monoisotopic (exact) mass is 947 g/mol. The Hall–Kier alpha value is -3.34. The lowest BCUT2D eigenvalue weighted by atomic mass is 10.1. The Labute approximate surface area is 400 Å². The molecule has 378 valence electrons. The minimum absolute atomic E-state index is 0.109. The van der Waals surface area contributed by atoms with Crippen LogP contribution in [-0.2, 0) is 42.2 Å². The topological polar surface area (TPSA) is 155 Å². The van der Waals surface area contributed by atoms with Gasteiger partial charge in [-0.15, -0.1) is 0 Å². The summed E-state index contributed by atoms with van der Waals surface area (Å²) in [4.78, 5) is 48.2. The van der Waals surface area contributed by atoms with Gasteiger partial charge in [-0.25, -0.2) is 4.57 Å². The summed E-state index contributed by atoms with van der Waals surface area (Å²) < 4.78 is 39.2. The first-order valence-corrected chi connectivity index (χ1v) is 27.0. The summed E-state index contributed by atoms with van der Waals surface area (Å²) in [6.45, 7) is 4.32. The molecule has 0 saturated heterocycles. The Morgan fingerprint density at radius 1 is 0.439 bits per heavy atom. The maximum atomic E-state index is 12.8. The molecule has 0 fully saturated rings. The number of phosphoric acid groups is 1. The fourth-order valence-corrected chi connectivity index (χ4v) is 7.15. The van der Waals surface area contributed by atoms with E-state index < -0.39 is 57.8 Å². The molecule has 0 aliphatic carbocycles. The van der Waals surface area contributed by atoms with Crippen LogP contribution in [0.4, 0.5) is 0 Å². The van der Waals surface area contributed by atoms with E-state index in [4.69, 9.17) is 23.3 Å². The van der Waals surface area contributed by atoms with Crippen LogP contribution in [0.25, 0.3) is 0 Å². The maximum absolute atomic E-state index is 12.8. The lowest BCUT2D eigenvalue weighted by Crippen LogP contribution is -2.30. The number of hydrogen-bond acceptors (Lipinski definition) is 10. The molecule has 0 aromatic carbocycles. The highest BCUT2D eigenvalue weighted by atomic mass is 31.2. The Bertz CT molecular complexity index is 1430. The number of carbonyl (C=O) groups is 3. The van der Waals surface area contributed by atoms with Crippen molar-refractivity contribution in [1.82, 2.24) is 0 Å². The highest BCUT2D eigenvalue weighted by Crippen LogP contribution is 2.43. The predicted molar refractivity (Wildman–Crippen MR) is 270 cm³/mol. The Morgan fingerprint density at radius 3 is 1.32 bits per heavy atom. The van der Waals surface area contributed by atoms with Crippen molar-refractivity contribution in [2.45, 2.75) is 213 Å². The molecule has 0 aromatic rings. The van der Waals surface area contributed by atoms with E-state index >= 15 is 0 Å². The molecule has 0 aliphatic heterocycles. The van der Waals surface area contributed by atoms with Gasteiger partial charge in [0.25, 0.3) is 0 Å². The number of unbranched alkanes of at least 4 members (excludes halogenated alkanes) is 15. The first kappa shape index (κ1) is 62.7. The zero-order chi connectivity index (χ0) is 48.4. The van der Waals surface area contributed by atoms with Crippen molar-refractivity contribution >= 4 is 25.7 Å². The molecule has 0 bridgehead atoms. The molecular weight excluding hydrogens is 856 g/mol. The number of carbonyl (C=O) groups excluding carboxylic acids is 3. The summed E-state index contributed by atoms with van der Waals surface area (Å²) in [5.41, 5.74) is 0. The molecule has 12 heteroatoms. The first-order chi connectivity index (χ1) is 32.2. The summed E-state index contributed by atoms with van der Waals surface area (Å²) in [5.74, 6) is -1.55. The van der Waals surface area contributed by atoms with Crippen LogP contribution in [-0.4, -0.2) is 66.5 Å². The fraction of sp³-hybridized carbons (Fsp3) is 0.685. The molecule has 3 unspecified atom stereocenters. The van der Waals surface area contributed by atoms with E-state index in [1.165, 1.54) is 12.8 Å². The average molecular weight is 947 g/mol. The number of ether oxygens (including phenoxy) is 3. The number of rotatable bonds is 46. The summed E-state index contributed by atoms with van der Waals surface area (Å²) in [5, 5.41) is 9.75. The largest absolute Gasteiger partial charge is 0.472 e. The highest BCUT2D eigenvalue weighted by Gasteiger charge is 2.28. The number of allylic oxidation sites excluding steroid dienone is 14. The maximum Gasteiger partial charge on any atom is 0.472 e. The van der Waals surface area contributed by atoms with Gasteiger partial charge in [-0.3, -0.25) is 23.4 Å². The second kappa shape index (κ2) is 48.1. The highest BCUT2D eigenvalue weighted by molar-refractivity contribution is 7.47. The van der Waals surface area contributed by atoms with Crippen LogP contribution >= 0.6 is 7.82 Å². The summed E-state index contributed by atoms with van der Waals surface area (Å²) >= 11 is 0. The summed E-state index contributed by atoms with van der Waals surface area (Å²) in [6.07, 6.45) is 52.7. The lowest BCUT2D eigenvalue weighted by molar-refractivity contribution is -0.161. The second-order valence-electron chi connectivity index (χ2n) is 16.6. The van der Waals surface area contributed by atoms with Crippen molar-refractivity contribution in [1.29, 1.82) is 0 Å². The van der Waals surface area contributed by atoms with Crippen molar-refractivity contribution < 1.29 is 52.2 Å². The van der Waals surface area contributed by atoms with E-state index in [1.54, 1.807) is 0 Å². The molecule has 0 rings (SSSR count). The van der Waals surface area contributed by atoms with E-state index in [0.717, 1.165) is 128 Å². The zero-order valence-electron chi connectivity index (χ0n) is 41.4. The van der Waals surface area contributed by atoms with E-state index in [-0.39, 0.29) is 25.9 Å². The van der Waals surface area contributed by atoms with Crippen molar-refractivity contribution in [3.63, 3.8) is 0 Å². The van der Waals surface area contributed by atoms with Crippen LogP contribution in [0.5, 0.6) is 0 Å². The van der Waals surface area contributed by atoms with Crippen LogP contribution in [0.3, 0.4) is 0 Å². The van der Waals surface area contributed by atoms with Crippen LogP contribution in [0.2, 0.25) is 0 Å². The smallest absolute Gasteiger partial charge is 0.462 e. The molecule has 0 radical (unpaired) electrons. The van der Waals surface area contributed by atoms with Gasteiger partial charge < -0.3 is 24.2 Å². The number of aliphatic hydroxyl groups excluding tert-OH is 1. The molecule has 0 spiro atoms. The Kier molecular flexibility index (Phi) is 45.7. The van der Waals surface area contributed by atoms with Crippen molar-refractivity contribution in [2.24, 2.45) is 0 Å². The van der Waals surface area contributed by atoms with E-state index in [2.05, 4.69) is 106 Å². The molecule has 3 atom stereocenters. The lowest BCUT2D eigenvalue weighted by Gasteiger charge is -2.21.